The van der Waals surface area contributed by atoms with Crippen molar-refractivity contribution in [1.29, 1.82) is 0 Å². The van der Waals surface area contributed by atoms with Gasteiger partial charge in [0.05, 0.1) is 5.56 Å². The Labute approximate surface area is 190 Å². The number of halogens is 1. The first-order valence-electron chi connectivity index (χ1n) is 11.3. The maximum Gasteiger partial charge on any atom is 0.343 e. The fourth-order valence-corrected chi connectivity index (χ4v) is 3.99. The monoisotopic (exact) mass is 440 g/mol. The zero-order valence-corrected chi connectivity index (χ0v) is 19.4. The average molecular weight is 441 g/mol. The third-order valence-corrected chi connectivity index (χ3v) is 5.50. The maximum atomic E-state index is 13.1. The van der Waals surface area contributed by atoms with Crippen molar-refractivity contribution in [3.05, 3.63) is 65.0 Å². The summed E-state index contributed by atoms with van der Waals surface area (Å²) in [4.78, 5) is 29.9. The van der Waals surface area contributed by atoms with E-state index in [4.69, 9.17) is 4.74 Å². The average Bonchev–Trinajstić information content (AvgIpc) is 2.74. The van der Waals surface area contributed by atoms with Gasteiger partial charge in [0.15, 0.2) is 0 Å². The van der Waals surface area contributed by atoms with Crippen LogP contribution in [0.3, 0.4) is 0 Å². The lowest BCUT2D eigenvalue weighted by atomic mass is 9.99. The summed E-state index contributed by atoms with van der Waals surface area (Å²) in [7, 11) is 0. The van der Waals surface area contributed by atoms with Gasteiger partial charge in [-0.05, 0) is 66.3 Å². The standard InChI is InChI=1S/C26H33FN2O3/c1-18(2)15-22-16-21(25(30)29-13-11-28(12-14-29)17-19(3)4)7-10-24(22)32-26(31)20-5-8-23(27)9-6-20/h5-10,16,18-19H,11-15,17H2,1-4H3. The highest BCUT2D eigenvalue weighted by Crippen LogP contribution is 2.25. The number of hydrogen-bond acceptors (Lipinski definition) is 4. The molecule has 5 nitrogen and oxygen atoms in total. The molecule has 0 radical (unpaired) electrons. The Balaban J connectivity index is 1.73. The van der Waals surface area contributed by atoms with Crippen LogP contribution in [0.25, 0.3) is 0 Å². The Kier molecular flexibility index (Phi) is 8.02. The summed E-state index contributed by atoms with van der Waals surface area (Å²) >= 11 is 0. The minimum absolute atomic E-state index is 0.00983. The minimum Gasteiger partial charge on any atom is -0.423 e. The highest BCUT2D eigenvalue weighted by atomic mass is 19.1. The van der Waals surface area contributed by atoms with Gasteiger partial charge in [-0.15, -0.1) is 0 Å². The molecule has 172 valence electrons. The van der Waals surface area contributed by atoms with Crippen LogP contribution in [0.4, 0.5) is 4.39 Å². The summed E-state index contributed by atoms with van der Waals surface area (Å²) < 4.78 is 18.8. The van der Waals surface area contributed by atoms with E-state index in [0.717, 1.165) is 25.2 Å². The molecule has 6 heteroatoms. The Hall–Kier alpha value is -2.73. The lowest BCUT2D eigenvalue weighted by Crippen LogP contribution is -2.49. The maximum absolute atomic E-state index is 13.1. The van der Waals surface area contributed by atoms with Crippen LogP contribution in [0.5, 0.6) is 5.75 Å². The second kappa shape index (κ2) is 10.7. The van der Waals surface area contributed by atoms with Gasteiger partial charge in [-0.25, -0.2) is 9.18 Å². The largest absolute Gasteiger partial charge is 0.423 e. The zero-order chi connectivity index (χ0) is 23.3. The van der Waals surface area contributed by atoms with Gasteiger partial charge in [0.25, 0.3) is 5.91 Å². The van der Waals surface area contributed by atoms with E-state index in [1.54, 1.807) is 12.1 Å². The van der Waals surface area contributed by atoms with E-state index in [1.807, 2.05) is 11.0 Å². The van der Waals surface area contributed by atoms with Crippen molar-refractivity contribution < 1.29 is 18.7 Å². The van der Waals surface area contributed by atoms with E-state index in [1.165, 1.54) is 24.3 Å². The summed E-state index contributed by atoms with van der Waals surface area (Å²) in [6.07, 6.45) is 0.676. The molecule has 1 aliphatic heterocycles. The van der Waals surface area contributed by atoms with Gasteiger partial charge < -0.3 is 9.64 Å². The fraction of sp³-hybridized carbons (Fsp3) is 0.462. The molecule has 0 aromatic heterocycles. The Morgan fingerprint density at radius 3 is 2.12 bits per heavy atom. The molecule has 2 aromatic rings. The second-order valence-electron chi connectivity index (χ2n) is 9.30. The third kappa shape index (κ3) is 6.39. The van der Waals surface area contributed by atoms with Crippen LogP contribution in [0, 0.1) is 17.7 Å². The van der Waals surface area contributed by atoms with E-state index < -0.39 is 11.8 Å². The van der Waals surface area contributed by atoms with Crippen LogP contribution in [0.1, 0.15) is 54.0 Å². The van der Waals surface area contributed by atoms with Crippen molar-refractivity contribution in [1.82, 2.24) is 9.80 Å². The van der Waals surface area contributed by atoms with Crippen LogP contribution >= 0.6 is 0 Å². The smallest absolute Gasteiger partial charge is 0.343 e. The number of nitrogens with zero attached hydrogens (tertiary/aromatic N) is 2. The van der Waals surface area contributed by atoms with Gasteiger partial charge in [0, 0.05) is 38.3 Å². The zero-order valence-electron chi connectivity index (χ0n) is 19.4. The van der Waals surface area contributed by atoms with Crippen molar-refractivity contribution in [3.63, 3.8) is 0 Å². The molecule has 1 amide bonds. The van der Waals surface area contributed by atoms with Crippen molar-refractivity contribution >= 4 is 11.9 Å². The Morgan fingerprint density at radius 1 is 0.906 bits per heavy atom. The topological polar surface area (TPSA) is 49.9 Å². The van der Waals surface area contributed by atoms with Gasteiger partial charge in [-0.2, -0.15) is 0 Å². The fourth-order valence-electron chi connectivity index (χ4n) is 3.99. The van der Waals surface area contributed by atoms with Crippen LogP contribution in [-0.2, 0) is 6.42 Å². The first kappa shape index (κ1) is 23.9. The number of carbonyl (C=O) groups is 2. The molecule has 1 fully saturated rings. The number of amides is 1. The molecule has 3 rings (SSSR count). The summed E-state index contributed by atoms with van der Waals surface area (Å²) in [5.74, 6) is 0.427. The minimum atomic E-state index is -0.546. The molecule has 1 heterocycles. The van der Waals surface area contributed by atoms with Gasteiger partial charge in [-0.3, -0.25) is 9.69 Å². The summed E-state index contributed by atoms with van der Waals surface area (Å²) in [6.45, 7) is 12.8. The van der Waals surface area contributed by atoms with Gasteiger partial charge in [0.2, 0.25) is 0 Å². The van der Waals surface area contributed by atoms with Crippen LogP contribution < -0.4 is 4.74 Å². The van der Waals surface area contributed by atoms with Crippen molar-refractivity contribution in [3.8, 4) is 5.75 Å². The molecule has 0 bridgehead atoms. The van der Waals surface area contributed by atoms with Crippen LogP contribution in [0.2, 0.25) is 0 Å². The first-order valence-corrected chi connectivity index (χ1v) is 11.3. The molecule has 32 heavy (non-hydrogen) atoms. The molecular formula is C26H33FN2O3. The van der Waals surface area contributed by atoms with E-state index in [0.29, 0.717) is 42.7 Å². The highest BCUT2D eigenvalue weighted by molar-refractivity contribution is 5.95. The predicted molar refractivity (Wildman–Crippen MR) is 124 cm³/mol. The number of hydrogen-bond donors (Lipinski definition) is 0. The molecule has 2 aromatic carbocycles. The molecule has 0 saturated carbocycles. The third-order valence-electron chi connectivity index (χ3n) is 5.50. The summed E-state index contributed by atoms with van der Waals surface area (Å²) in [5.41, 5.74) is 1.71. The van der Waals surface area contributed by atoms with Gasteiger partial charge in [-0.1, -0.05) is 27.7 Å². The summed E-state index contributed by atoms with van der Waals surface area (Å²) in [5, 5.41) is 0. The second-order valence-corrected chi connectivity index (χ2v) is 9.30. The number of rotatable bonds is 7. The molecule has 1 aliphatic rings. The molecule has 0 spiro atoms. The Bertz CT molecular complexity index is 933. The van der Waals surface area contributed by atoms with E-state index in [9.17, 15) is 14.0 Å². The number of esters is 1. The SMILES string of the molecule is CC(C)Cc1cc(C(=O)N2CCN(CC(C)C)CC2)ccc1OC(=O)c1ccc(F)cc1. The molecule has 0 N–H and O–H groups in total. The normalized spacial score (nSPS) is 14.8. The van der Waals surface area contributed by atoms with E-state index >= 15 is 0 Å². The molecular weight excluding hydrogens is 407 g/mol. The van der Waals surface area contributed by atoms with E-state index in [-0.39, 0.29) is 11.5 Å². The molecule has 0 aliphatic carbocycles. The molecule has 0 unspecified atom stereocenters. The van der Waals surface area contributed by atoms with Gasteiger partial charge >= 0.3 is 5.97 Å². The number of benzene rings is 2. The number of piperazine rings is 1. The number of ether oxygens (including phenoxy) is 1. The first-order chi connectivity index (χ1) is 15.2. The van der Waals surface area contributed by atoms with Crippen molar-refractivity contribution in [2.45, 2.75) is 34.1 Å². The predicted octanol–water partition coefficient (Wildman–Crippen LogP) is 4.66. The lowest BCUT2D eigenvalue weighted by molar-refractivity contribution is 0.0623. The van der Waals surface area contributed by atoms with Crippen molar-refractivity contribution in [2.24, 2.45) is 11.8 Å². The van der Waals surface area contributed by atoms with Crippen LogP contribution in [-0.4, -0.2) is 54.4 Å². The highest BCUT2D eigenvalue weighted by Gasteiger charge is 2.23. The quantitative estimate of drug-likeness (QED) is 0.464. The molecule has 0 atom stereocenters. The van der Waals surface area contributed by atoms with E-state index in [2.05, 4.69) is 32.6 Å². The summed E-state index contributed by atoms with van der Waals surface area (Å²) in [6, 6.07) is 10.5. The Morgan fingerprint density at radius 2 is 1.53 bits per heavy atom. The van der Waals surface area contributed by atoms with Crippen molar-refractivity contribution in [2.75, 3.05) is 32.7 Å². The lowest BCUT2D eigenvalue weighted by Gasteiger charge is -2.35. The van der Waals surface area contributed by atoms with Crippen LogP contribution in [0.15, 0.2) is 42.5 Å². The number of carbonyl (C=O) groups excluding carboxylic acids is 2. The van der Waals surface area contributed by atoms with Gasteiger partial charge in [0.1, 0.15) is 11.6 Å². The molecule has 1 saturated heterocycles.